The average Bonchev–Trinajstić information content (AvgIpc) is 2.82. The molecular weight excluding hydrogens is 488 g/mol. The lowest BCUT2D eigenvalue weighted by molar-refractivity contribution is -0.114. The van der Waals surface area contributed by atoms with Crippen molar-refractivity contribution in [2.75, 3.05) is 10.0 Å². The molecule has 8 heteroatoms. The van der Waals surface area contributed by atoms with Gasteiger partial charge in [0.2, 0.25) is 5.91 Å². The van der Waals surface area contributed by atoms with Crippen LogP contribution in [0.4, 0.5) is 11.4 Å². The molecule has 0 aliphatic carbocycles. The van der Waals surface area contributed by atoms with Gasteiger partial charge in [0.25, 0.3) is 10.0 Å². The molecule has 0 radical (unpaired) electrons. The van der Waals surface area contributed by atoms with Gasteiger partial charge in [0.1, 0.15) is 0 Å². The summed E-state index contributed by atoms with van der Waals surface area (Å²) in [6.07, 6.45) is 0. The van der Waals surface area contributed by atoms with Crippen LogP contribution in [-0.4, -0.2) is 25.4 Å². The molecule has 0 saturated carbocycles. The molecule has 3 N–H and O–H groups in total. The Kier molecular flexibility index (Phi) is 6.80. The number of aryl methyl sites for hydroxylation is 2. The second kappa shape index (κ2) is 9.71. The maximum absolute atomic E-state index is 13.7. The molecule has 190 valence electrons. The van der Waals surface area contributed by atoms with Crippen LogP contribution >= 0.6 is 0 Å². The van der Waals surface area contributed by atoms with Crippen LogP contribution in [0.25, 0.3) is 21.9 Å². The molecule has 1 amide bonds. The summed E-state index contributed by atoms with van der Waals surface area (Å²) in [5.41, 5.74) is 4.96. The van der Waals surface area contributed by atoms with Gasteiger partial charge in [-0.3, -0.25) is 9.52 Å². The van der Waals surface area contributed by atoms with E-state index in [2.05, 4.69) is 10.0 Å². The van der Waals surface area contributed by atoms with E-state index in [1.54, 1.807) is 26.0 Å². The molecule has 7 nitrogen and oxygen atoms in total. The molecule has 0 aromatic heterocycles. The smallest absolute Gasteiger partial charge is 0.335 e. The monoisotopic (exact) mass is 516 g/mol. The molecule has 0 saturated heterocycles. The average molecular weight is 517 g/mol. The first kappa shape index (κ1) is 25.9. The summed E-state index contributed by atoms with van der Waals surface area (Å²) < 4.78 is 30.2. The molecule has 0 unspecified atom stereocenters. The largest absolute Gasteiger partial charge is 0.478 e. The molecular formula is C29H28N2O5S. The number of fused-ring (bicyclic) bond motifs is 1. The molecule has 0 atom stereocenters. The number of aromatic carboxylic acids is 1. The predicted octanol–water partition coefficient (Wildman–Crippen LogP) is 6.20. The lowest BCUT2D eigenvalue weighted by atomic mass is 9.98. The number of carbonyl (C=O) groups is 2. The highest BCUT2D eigenvalue weighted by molar-refractivity contribution is 7.92. The Hall–Kier alpha value is -4.17. The van der Waals surface area contributed by atoms with Gasteiger partial charge in [-0.2, -0.15) is 0 Å². The SMILES string of the molecule is CC(=O)Nc1cc(C(=O)O)cc(-c2cc(NS(=O)(=O)c3c(C)c(C)cc(C)c3C)c3ccccc3c2)c1. The molecule has 0 heterocycles. The fourth-order valence-electron chi connectivity index (χ4n) is 4.53. The van der Waals surface area contributed by atoms with Crippen molar-refractivity contribution in [3.63, 3.8) is 0 Å². The van der Waals surface area contributed by atoms with E-state index >= 15 is 0 Å². The highest BCUT2D eigenvalue weighted by atomic mass is 32.2. The minimum absolute atomic E-state index is 0.00183. The van der Waals surface area contributed by atoms with Gasteiger partial charge in [-0.25, -0.2) is 13.2 Å². The van der Waals surface area contributed by atoms with Gasteiger partial charge in [-0.1, -0.05) is 30.3 Å². The van der Waals surface area contributed by atoms with Crippen molar-refractivity contribution in [3.05, 3.63) is 88.5 Å². The molecule has 0 bridgehead atoms. The maximum atomic E-state index is 13.7. The fourth-order valence-corrected chi connectivity index (χ4v) is 6.22. The van der Waals surface area contributed by atoms with Crippen LogP contribution in [0.3, 0.4) is 0 Å². The number of rotatable bonds is 6. The summed E-state index contributed by atoms with van der Waals surface area (Å²) in [7, 11) is -3.96. The van der Waals surface area contributed by atoms with Crippen LogP contribution in [0.1, 0.15) is 39.5 Å². The highest BCUT2D eigenvalue weighted by Gasteiger charge is 2.23. The Balaban J connectivity index is 1.92. The van der Waals surface area contributed by atoms with E-state index in [1.807, 2.05) is 50.2 Å². The Morgan fingerprint density at radius 3 is 2.05 bits per heavy atom. The summed E-state index contributed by atoms with van der Waals surface area (Å²) in [6.45, 7) is 8.71. The summed E-state index contributed by atoms with van der Waals surface area (Å²) in [5, 5.41) is 13.7. The molecule has 0 fully saturated rings. The van der Waals surface area contributed by atoms with Gasteiger partial charge in [-0.15, -0.1) is 0 Å². The number of carboxylic acids is 1. The Morgan fingerprint density at radius 1 is 0.811 bits per heavy atom. The quantitative estimate of drug-likeness (QED) is 0.283. The van der Waals surface area contributed by atoms with E-state index in [9.17, 15) is 23.1 Å². The van der Waals surface area contributed by atoms with Crippen molar-refractivity contribution >= 4 is 44.0 Å². The van der Waals surface area contributed by atoms with Gasteiger partial charge in [0, 0.05) is 18.0 Å². The van der Waals surface area contributed by atoms with E-state index in [-0.39, 0.29) is 16.4 Å². The third-order valence-electron chi connectivity index (χ3n) is 6.51. The fraction of sp³-hybridized carbons (Fsp3) is 0.172. The Labute approximate surface area is 216 Å². The molecule has 0 spiro atoms. The number of carbonyl (C=O) groups excluding carboxylic acids is 1. The number of sulfonamides is 1. The van der Waals surface area contributed by atoms with Crippen molar-refractivity contribution < 1.29 is 23.1 Å². The first-order chi connectivity index (χ1) is 17.4. The van der Waals surface area contributed by atoms with Crippen molar-refractivity contribution in [1.29, 1.82) is 0 Å². The molecule has 0 aliphatic heterocycles. The van der Waals surface area contributed by atoms with Crippen LogP contribution in [0, 0.1) is 27.7 Å². The zero-order valence-electron chi connectivity index (χ0n) is 21.3. The van der Waals surface area contributed by atoms with Gasteiger partial charge < -0.3 is 10.4 Å². The molecule has 4 aromatic carbocycles. The second-order valence-corrected chi connectivity index (χ2v) is 10.8. The van der Waals surface area contributed by atoms with Gasteiger partial charge in [0.05, 0.1) is 16.1 Å². The first-order valence-corrected chi connectivity index (χ1v) is 13.1. The van der Waals surface area contributed by atoms with Crippen molar-refractivity contribution in [1.82, 2.24) is 0 Å². The van der Waals surface area contributed by atoms with E-state index in [4.69, 9.17) is 0 Å². The number of carboxylic acid groups (broad SMARTS) is 1. The van der Waals surface area contributed by atoms with Crippen LogP contribution in [0.5, 0.6) is 0 Å². The molecule has 4 rings (SSSR count). The zero-order chi connectivity index (χ0) is 27.1. The van der Waals surface area contributed by atoms with E-state index in [0.29, 0.717) is 39.0 Å². The number of hydrogen-bond acceptors (Lipinski definition) is 4. The summed E-state index contributed by atoms with van der Waals surface area (Å²) >= 11 is 0. The topological polar surface area (TPSA) is 113 Å². The zero-order valence-corrected chi connectivity index (χ0v) is 22.1. The van der Waals surface area contributed by atoms with Crippen LogP contribution < -0.4 is 10.0 Å². The van der Waals surface area contributed by atoms with E-state index in [1.165, 1.54) is 19.1 Å². The van der Waals surface area contributed by atoms with Crippen molar-refractivity contribution in [3.8, 4) is 11.1 Å². The first-order valence-electron chi connectivity index (χ1n) is 11.7. The van der Waals surface area contributed by atoms with Gasteiger partial charge in [-0.05, 0) is 96.8 Å². The lowest BCUT2D eigenvalue weighted by Crippen LogP contribution is -2.17. The van der Waals surface area contributed by atoms with Crippen LogP contribution in [0.15, 0.2) is 65.6 Å². The third-order valence-corrected chi connectivity index (χ3v) is 8.14. The number of anilines is 2. The van der Waals surface area contributed by atoms with Crippen molar-refractivity contribution in [2.45, 2.75) is 39.5 Å². The highest BCUT2D eigenvalue weighted by Crippen LogP contribution is 2.35. The Bertz CT molecular complexity index is 1660. The maximum Gasteiger partial charge on any atom is 0.335 e. The standard InChI is InChI=1S/C29H28N2O5S/c1-16-10-17(2)19(4)28(18(16)3)37(35,36)31-27-15-23(11-21-8-6-7-9-26(21)27)22-12-24(29(33)34)14-25(13-22)30-20(5)32/h6-15,31H,1-5H3,(H,30,32)(H,33,34). The summed E-state index contributed by atoms with van der Waals surface area (Å²) in [4.78, 5) is 23.6. The Morgan fingerprint density at radius 2 is 1.43 bits per heavy atom. The minimum Gasteiger partial charge on any atom is -0.478 e. The van der Waals surface area contributed by atoms with Gasteiger partial charge in [0.15, 0.2) is 0 Å². The normalized spacial score (nSPS) is 11.4. The third kappa shape index (κ3) is 5.20. The number of hydrogen-bond donors (Lipinski definition) is 3. The number of benzene rings is 4. The second-order valence-electron chi connectivity index (χ2n) is 9.23. The van der Waals surface area contributed by atoms with E-state index in [0.717, 1.165) is 16.5 Å². The minimum atomic E-state index is -3.96. The number of nitrogens with one attached hydrogen (secondary N) is 2. The predicted molar refractivity (Wildman–Crippen MR) is 147 cm³/mol. The van der Waals surface area contributed by atoms with Crippen LogP contribution in [0.2, 0.25) is 0 Å². The molecule has 0 aliphatic rings. The number of amides is 1. The summed E-state index contributed by atoms with van der Waals surface area (Å²) in [6, 6.07) is 17.4. The summed E-state index contributed by atoms with van der Waals surface area (Å²) in [5.74, 6) is -1.48. The van der Waals surface area contributed by atoms with Gasteiger partial charge >= 0.3 is 5.97 Å². The lowest BCUT2D eigenvalue weighted by Gasteiger charge is -2.18. The molecule has 4 aromatic rings. The van der Waals surface area contributed by atoms with Crippen LogP contribution in [-0.2, 0) is 14.8 Å². The van der Waals surface area contributed by atoms with Crippen molar-refractivity contribution in [2.24, 2.45) is 0 Å². The molecule has 37 heavy (non-hydrogen) atoms. The van der Waals surface area contributed by atoms with E-state index < -0.39 is 16.0 Å².